The van der Waals surface area contributed by atoms with E-state index in [4.69, 9.17) is 4.74 Å². The summed E-state index contributed by atoms with van der Waals surface area (Å²) in [6, 6.07) is 0. The van der Waals surface area contributed by atoms with Crippen LogP contribution in [-0.2, 0) is 14.3 Å². The van der Waals surface area contributed by atoms with Gasteiger partial charge < -0.3 is 19.7 Å². The van der Waals surface area contributed by atoms with Crippen LogP contribution in [0.4, 0.5) is 0 Å². The van der Waals surface area contributed by atoms with Gasteiger partial charge in [-0.25, -0.2) is 0 Å². The minimum absolute atomic E-state index is 0.211. The lowest BCUT2D eigenvalue weighted by molar-refractivity contribution is -0.320. The molecule has 1 saturated heterocycles. The van der Waals surface area contributed by atoms with Crippen LogP contribution in [0.2, 0.25) is 0 Å². The summed E-state index contributed by atoms with van der Waals surface area (Å²) < 4.78 is 5.60. The Balaban J connectivity index is 1.76. The number of carboxylic acids is 1. The van der Waals surface area contributed by atoms with E-state index in [2.05, 4.69) is 6.58 Å². The normalized spacial score (nSPS) is 56.2. The molecule has 25 heavy (non-hydrogen) atoms. The lowest BCUT2D eigenvalue weighted by Crippen LogP contribution is -2.64. The number of allylic oxidation sites excluding steroid dienone is 1. The van der Waals surface area contributed by atoms with Gasteiger partial charge in [0.05, 0.1) is 18.1 Å². The molecule has 5 nitrogen and oxygen atoms in total. The second-order valence-electron chi connectivity index (χ2n) is 9.52. The predicted molar refractivity (Wildman–Crippen MR) is 85.7 cm³/mol. The predicted octanol–water partition coefficient (Wildman–Crippen LogP) is 1.05. The number of ether oxygens (including phenoxy) is 1. The minimum Gasteiger partial charge on any atom is -0.550 e. The number of cyclic esters (lactones) is 1. The maximum atomic E-state index is 12.7. The van der Waals surface area contributed by atoms with Crippen molar-refractivity contribution in [2.45, 2.75) is 51.6 Å². The SMILES string of the molecule is C=C1C[C@]23C[C@H]1CC[C@H]2[C@@]12CC[C@H](O)[C@](C)(C(=O)OC1)[C@H]2[C@@H]3C(=O)[O-]. The van der Waals surface area contributed by atoms with Gasteiger partial charge in [0.25, 0.3) is 0 Å². The number of carboxylic acid groups (broad SMARTS) is 1. The number of aliphatic hydroxyl groups is 1. The number of aliphatic hydroxyl groups excluding tert-OH is 1. The Morgan fingerprint density at radius 2 is 2.08 bits per heavy atom. The third-order valence-electron chi connectivity index (χ3n) is 8.91. The molecule has 0 aromatic heterocycles. The first-order chi connectivity index (χ1) is 11.8. The third kappa shape index (κ3) is 1.52. The fourth-order valence-electron chi connectivity index (χ4n) is 8.10. The van der Waals surface area contributed by atoms with Gasteiger partial charge in [0.2, 0.25) is 0 Å². The van der Waals surface area contributed by atoms with E-state index >= 15 is 0 Å². The van der Waals surface area contributed by atoms with Crippen molar-refractivity contribution < 1.29 is 24.5 Å². The largest absolute Gasteiger partial charge is 0.550 e. The molecule has 0 radical (unpaired) electrons. The summed E-state index contributed by atoms with van der Waals surface area (Å²) >= 11 is 0. The maximum Gasteiger partial charge on any atom is 0.314 e. The van der Waals surface area contributed by atoms with E-state index in [0.717, 1.165) is 37.7 Å². The van der Waals surface area contributed by atoms with Crippen LogP contribution in [0.1, 0.15) is 45.4 Å². The van der Waals surface area contributed by atoms with Gasteiger partial charge in [0.1, 0.15) is 0 Å². The van der Waals surface area contributed by atoms with Gasteiger partial charge in [-0.3, -0.25) is 4.79 Å². The molecule has 0 aromatic rings. The first kappa shape index (κ1) is 15.9. The highest BCUT2D eigenvalue weighted by atomic mass is 16.5. The molecule has 1 N–H and O–H groups in total. The summed E-state index contributed by atoms with van der Waals surface area (Å²) in [7, 11) is 0. The topological polar surface area (TPSA) is 86.7 Å². The van der Waals surface area contributed by atoms with Crippen LogP contribution in [0.25, 0.3) is 0 Å². The van der Waals surface area contributed by atoms with Crippen molar-refractivity contribution in [3.63, 3.8) is 0 Å². The third-order valence-corrected chi connectivity index (χ3v) is 8.91. The average molecular weight is 345 g/mol. The number of hydrogen-bond donors (Lipinski definition) is 1. The van der Waals surface area contributed by atoms with Gasteiger partial charge in [-0.05, 0) is 68.6 Å². The zero-order valence-electron chi connectivity index (χ0n) is 14.6. The van der Waals surface area contributed by atoms with Crippen LogP contribution in [0.3, 0.4) is 0 Å². The van der Waals surface area contributed by atoms with Crippen molar-refractivity contribution >= 4 is 11.9 Å². The molecule has 1 heterocycles. The Labute approximate surface area is 147 Å². The van der Waals surface area contributed by atoms with Gasteiger partial charge in [-0.15, -0.1) is 0 Å². The van der Waals surface area contributed by atoms with Crippen LogP contribution in [0.5, 0.6) is 0 Å². The molecule has 136 valence electrons. The van der Waals surface area contributed by atoms with Gasteiger partial charge >= 0.3 is 5.97 Å². The highest BCUT2D eigenvalue weighted by molar-refractivity contribution is 5.82. The quantitative estimate of drug-likeness (QED) is 0.567. The fourth-order valence-corrected chi connectivity index (χ4v) is 8.10. The first-order valence-corrected chi connectivity index (χ1v) is 9.51. The van der Waals surface area contributed by atoms with Gasteiger partial charge in [0, 0.05) is 17.3 Å². The van der Waals surface area contributed by atoms with Crippen molar-refractivity contribution in [2.75, 3.05) is 6.61 Å². The molecule has 1 aliphatic heterocycles. The summed E-state index contributed by atoms with van der Waals surface area (Å²) in [6.07, 6.45) is 4.00. The molecular weight excluding hydrogens is 320 g/mol. The van der Waals surface area contributed by atoms with E-state index in [-0.39, 0.29) is 16.7 Å². The van der Waals surface area contributed by atoms with Crippen LogP contribution < -0.4 is 5.11 Å². The monoisotopic (exact) mass is 345 g/mol. The standard InChI is InChI=1S/C20H26O5/c1-10-7-20-8-11(10)3-4-12(20)19-6-5-13(21)18(2,17(24)25-9-19)15(19)14(20)16(22)23/h11-15,21H,1,3-9H2,2H3,(H,22,23)/p-1/t11-,12+,13+,14-,15-,18+,19-,20+/m1/s1. The van der Waals surface area contributed by atoms with Crippen molar-refractivity contribution in [3.8, 4) is 0 Å². The summed E-state index contributed by atoms with van der Waals surface area (Å²) in [4.78, 5) is 25.1. The summed E-state index contributed by atoms with van der Waals surface area (Å²) in [5.41, 5.74) is -0.686. The molecule has 4 bridgehead atoms. The van der Waals surface area contributed by atoms with E-state index < -0.39 is 35.3 Å². The average Bonchev–Trinajstić information content (AvgIpc) is 2.97. The summed E-state index contributed by atoms with van der Waals surface area (Å²) in [6.45, 7) is 6.26. The molecular formula is C20H25O5-. The molecule has 5 heteroatoms. The highest BCUT2D eigenvalue weighted by Gasteiger charge is 2.78. The molecule has 4 saturated carbocycles. The van der Waals surface area contributed by atoms with Crippen molar-refractivity contribution in [3.05, 3.63) is 12.2 Å². The van der Waals surface area contributed by atoms with Crippen molar-refractivity contribution in [2.24, 2.45) is 39.9 Å². The van der Waals surface area contributed by atoms with Crippen LogP contribution in [0.15, 0.2) is 12.2 Å². The van der Waals surface area contributed by atoms with E-state index in [0.29, 0.717) is 18.9 Å². The summed E-state index contributed by atoms with van der Waals surface area (Å²) in [5.74, 6) is -1.98. The molecule has 4 aliphatic carbocycles. The fraction of sp³-hybridized carbons (Fsp3) is 0.800. The molecule has 5 aliphatic rings. The Hall–Kier alpha value is -1.36. The second-order valence-corrected chi connectivity index (χ2v) is 9.52. The summed E-state index contributed by atoms with van der Waals surface area (Å²) in [5, 5.41) is 23.1. The Morgan fingerprint density at radius 3 is 2.80 bits per heavy atom. The molecule has 1 spiro atoms. The Kier molecular flexibility index (Phi) is 2.84. The number of rotatable bonds is 1. The molecule has 5 fully saturated rings. The van der Waals surface area contributed by atoms with Gasteiger partial charge in [0.15, 0.2) is 0 Å². The van der Waals surface area contributed by atoms with Gasteiger partial charge in [-0.2, -0.15) is 0 Å². The van der Waals surface area contributed by atoms with Crippen molar-refractivity contribution in [1.29, 1.82) is 0 Å². The van der Waals surface area contributed by atoms with Crippen molar-refractivity contribution in [1.82, 2.24) is 0 Å². The van der Waals surface area contributed by atoms with Crippen LogP contribution >= 0.6 is 0 Å². The number of esters is 1. The molecule has 0 aromatic carbocycles. The lowest BCUT2D eigenvalue weighted by atomic mass is 9.50. The van der Waals surface area contributed by atoms with E-state index in [1.807, 2.05) is 0 Å². The number of fused-ring (bicyclic) bond motifs is 1. The molecule has 0 amide bonds. The number of aliphatic carboxylic acids is 1. The Bertz CT molecular complexity index is 700. The molecule has 8 atom stereocenters. The highest BCUT2D eigenvalue weighted by Crippen LogP contribution is 2.78. The molecule has 5 rings (SSSR count). The smallest absolute Gasteiger partial charge is 0.314 e. The van der Waals surface area contributed by atoms with Crippen LogP contribution in [0, 0.1) is 39.9 Å². The molecule has 0 unspecified atom stereocenters. The van der Waals surface area contributed by atoms with E-state index in [9.17, 15) is 19.8 Å². The van der Waals surface area contributed by atoms with Gasteiger partial charge in [-0.1, -0.05) is 12.2 Å². The zero-order chi connectivity index (χ0) is 17.8. The van der Waals surface area contributed by atoms with E-state index in [1.54, 1.807) is 6.92 Å². The number of hydrogen-bond acceptors (Lipinski definition) is 5. The number of carbonyl (C=O) groups is 2. The Morgan fingerprint density at radius 1 is 1.32 bits per heavy atom. The zero-order valence-corrected chi connectivity index (χ0v) is 14.6. The van der Waals surface area contributed by atoms with E-state index in [1.165, 1.54) is 0 Å². The minimum atomic E-state index is -1.15. The first-order valence-electron chi connectivity index (χ1n) is 9.51. The maximum absolute atomic E-state index is 12.7. The number of carbonyl (C=O) groups excluding carboxylic acids is 2. The second kappa shape index (κ2) is 4.48. The lowest BCUT2D eigenvalue weighted by Gasteiger charge is -2.57. The van der Waals surface area contributed by atoms with Crippen LogP contribution in [-0.4, -0.2) is 29.8 Å².